The standard InChI is InChI=1S/C13H18FNO2.ClH/c1-8-5-6-9(10(14)7-8)11(15)13(2,3)12(16)17-4;/h5-7,11H,15H2,1-4H3;1H/t11-;/m0./s1. The number of carbonyl (C=O) groups excluding carboxylic acids is 1. The number of hydrogen-bond donors (Lipinski definition) is 1. The molecule has 0 saturated carbocycles. The highest BCUT2D eigenvalue weighted by Gasteiger charge is 2.37. The number of esters is 1. The molecule has 3 nitrogen and oxygen atoms in total. The second kappa shape index (κ2) is 6.16. The quantitative estimate of drug-likeness (QED) is 0.863. The van der Waals surface area contributed by atoms with Crippen molar-refractivity contribution in [1.29, 1.82) is 0 Å². The Balaban J connectivity index is 0.00000289. The first kappa shape index (κ1) is 16.9. The summed E-state index contributed by atoms with van der Waals surface area (Å²) in [4.78, 5) is 11.6. The van der Waals surface area contributed by atoms with E-state index in [0.717, 1.165) is 5.56 Å². The van der Waals surface area contributed by atoms with Crippen molar-refractivity contribution in [3.05, 3.63) is 35.1 Å². The Morgan fingerprint density at radius 1 is 1.44 bits per heavy atom. The molecule has 1 rings (SSSR count). The average Bonchev–Trinajstić information content (AvgIpc) is 2.27. The Labute approximate surface area is 113 Å². The monoisotopic (exact) mass is 275 g/mol. The Morgan fingerprint density at radius 3 is 2.44 bits per heavy atom. The number of halogens is 2. The van der Waals surface area contributed by atoms with Crippen LogP contribution < -0.4 is 5.73 Å². The van der Waals surface area contributed by atoms with Crippen molar-refractivity contribution < 1.29 is 13.9 Å². The Kier molecular flexibility index (Phi) is 5.77. The summed E-state index contributed by atoms with van der Waals surface area (Å²) in [6, 6.07) is 4.05. The molecule has 5 heteroatoms. The molecular formula is C13H19ClFNO2. The Morgan fingerprint density at radius 2 is 2.00 bits per heavy atom. The van der Waals surface area contributed by atoms with E-state index in [1.807, 2.05) is 0 Å². The van der Waals surface area contributed by atoms with Gasteiger partial charge in [0.05, 0.1) is 12.5 Å². The van der Waals surface area contributed by atoms with E-state index in [1.54, 1.807) is 32.9 Å². The molecule has 1 aromatic rings. The number of ether oxygens (including phenoxy) is 1. The lowest BCUT2D eigenvalue weighted by molar-refractivity contribution is -0.152. The van der Waals surface area contributed by atoms with Crippen LogP contribution in [0.25, 0.3) is 0 Å². The molecule has 1 atom stereocenters. The van der Waals surface area contributed by atoms with Gasteiger partial charge in [-0.15, -0.1) is 12.4 Å². The molecule has 0 aromatic heterocycles. The van der Waals surface area contributed by atoms with Crippen LogP contribution in [0.3, 0.4) is 0 Å². The van der Waals surface area contributed by atoms with Crippen molar-refractivity contribution in [3.63, 3.8) is 0 Å². The maximum Gasteiger partial charge on any atom is 0.313 e. The summed E-state index contributed by atoms with van der Waals surface area (Å²) in [7, 11) is 1.29. The van der Waals surface area contributed by atoms with Gasteiger partial charge in [0.1, 0.15) is 5.82 Å². The predicted octanol–water partition coefficient (Wildman–Crippen LogP) is 2.75. The molecule has 2 N–H and O–H groups in total. The van der Waals surface area contributed by atoms with Crippen LogP contribution in [-0.4, -0.2) is 13.1 Å². The number of benzene rings is 1. The van der Waals surface area contributed by atoms with E-state index < -0.39 is 23.2 Å². The van der Waals surface area contributed by atoms with Gasteiger partial charge >= 0.3 is 5.97 Å². The number of rotatable bonds is 3. The van der Waals surface area contributed by atoms with Crippen LogP contribution in [0.1, 0.15) is 31.0 Å². The SMILES string of the molecule is COC(=O)C(C)(C)[C@@H](N)c1ccc(C)cc1F.Cl. The third-order valence-corrected chi connectivity index (χ3v) is 2.98. The summed E-state index contributed by atoms with van der Waals surface area (Å²) in [6.07, 6.45) is 0. The minimum atomic E-state index is -0.967. The second-order valence-corrected chi connectivity index (χ2v) is 4.72. The maximum absolute atomic E-state index is 13.8. The molecule has 102 valence electrons. The van der Waals surface area contributed by atoms with Gasteiger partial charge in [-0.25, -0.2) is 4.39 Å². The van der Waals surface area contributed by atoms with Crippen molar-refractivity contribution in [2.24, 2.45) is 11.1 Å². The first-order valence-corrected chi connectivity index (χ1v) is 5.40. The van der Waals surface area contributed by atoms with Crippen LogP contribution >= 0.6 is 12.4 Å². The molecule has 1 aromatic carbocycles. The van der Waals surface area contributed by atoms with Crippen LogP contribution in [-0.2, 0) is 9.53 Å². The van der Waals surface area contributed by atoms with Gasteiger partial charge in [-0.05, 0) is 32.4 Å². The predicted molar refractivity (Wildman–Crippen MR) is 71.1 cm³/mol. The maximum atomic E-state index is 13.8. The van der Waals surface area contributed by atoms with Gasteiger partial charge < -0.3 is 10.5 Å². The molecule has 0 spiro atoms. The van der Waals surface area contributed by atoms with Crippen LogP contribution in [0.4, 0.5) is 4.39 Å². The van der Waals surface area contributed by atoms with Gasteiger partial charge in [0.2, 0.25) is 0 Å². The highest BCUT2D eigenvalue weighted by atomic mass is 35.5. The van der Waals surface area contributed by atoms with Gasteiger partial charge in [-0.3, -0.25) is 4.79 Å². The molecule has 0 saturated heterocycles. The zero-order chi connectivity index (χ0) is 13.2. The normalized spacial score (nSPS) is 12.6. The van der Waals surface area contributed by atoms with Gasteiger partial charge in [0.25, 0.3) is 0 Å². The lowest BCUT2D eigenvalue weighted by Crippen LogP contribution is -2.37. The van der Waals surface area contributed by atoms with Crippen molar-refractivity contribution in [2.45, 2.75) is 26.8 Å². The number of carbonyl (C=O) groups is 1. The minimum absolute atomic E-state index is 0. The fourth-order valence-electron chi connectivity index (χ4n) is 1.66. The third-order valence-electron chi connectivity index (χ3n) is 2.98. The molecule has 0 fully saturated rings. The lowest BCUT2D eigenvalue weighted by atomic mass is 9.80. The highest BCUT2D eigenvalue weighted by Crippen LogP contribution is 2.33. The first-order chi connectivity index (χ1) is 7.80. The molecule has 0 unspecified atom stereocenters. The fourth-order valence-corrected chi connectivity index (χ4v) is 1.66. The van der Waals surface area contributed by atoms with Crippen molar-refractivity contribution in [2.75, 3.05) is 7.11 Å². The summed E-state index contributed by atoms with van der Waals surface area (Å²) >= 11 is 0. The zero-order valence-electron chi connectivity index (χ0n) is 11.0. The Hall–Kier alpha value is -1.13. The van der Waals surface area contributed by atoms with E-state index in [-0.39, 0.29) is 12.4 Å². The Bertz CT molecular complexity index is 435. The zero-order valence-corrected chi connectivity index (χ0v) is 11.8. The van der Waals surface area contributed by atoms with E-state index in [4.69, 9.17) is 5.73 Å². The molecule has 0 amide bonds. The van der Waals surface area contributed by atoms with Crippen molar-refractivity contribution in [1.82, 2.24) is 0 Å². The summed E-state index contributed by atoms with van der Waals surface area (Å²) in [6.45, 7) is 5.08. The van der Waals surface area contributed by atoms with Crippen LogP contribution in [0.5, 0.6) is 0 Å². The molecule has 0 aliphatic heterocycles. The molecule has 0 bridgehead atoms. The fraction of sp³-hybridized carbons (Fsp3) is 0.462. The summed E-state index contributed by atoms with van der Waals surface area (Å²) < 4.78 is 18.4. The first-order valence-electron chi connectivity index (χ1n) is 5.40. The topological polar surface area (TPSA) is 52.3 Å². The summed E-state index contributed by atoms with van der Waals surface area (Å²) in [5.74, 6) is -0.848. The molecule has 0 aliphatic rings. The van der Waals surface area contributed by atoms with Gasteiger partial charge in [-0.2, -0.15) is 0 Å². The number of hydrogen-bond acceptors (Lipinski definition) is 3. The van der Waals surface area contributed by atoms with E-state index in [1.165, 1.54) is 13.2 Å². The van der Waals surface area contributed by atoms with Crippen LogP contribution in [0, 0.1) is 18.2 Å². The molecule has 0 aliphatic carbocycles. The van der Waals surface area contributed by atoms with E-state index in [2.05, 4.69) is 4.74 Å². The van der Waals surface area contributed by atoms with Crippen LogP contribution in [0.2, 0.25) is 0 Å². The largest absolute Gasteiger partial charge is 0.469 e. The number of nitrogens with two attached hydrogens (primary N) is 1. The summed E-state index contributed by atoms with van der Waals surface area (Å²) in [5.41, 5.74) is 6.13. The highest BCUT2D eigenvalue weighted by molar-refractivity contribution is 5.85. The van der Waals surface area contributed by atoms with Crippen molar-refractivity contribution >= 4 is 18.4 Å². The molecule has 18 heavy (non-hydrogen) atoms. The minimum Gasteiger partial charge on any atom is -0.469 e. The van der Waals surface area contributed by atoms with Crippen molar-refractivity contribution in [3.8, 4) is 0 Å². The van der Waals surface area contributed by atoms with Gasteiger partial charge in [-0.1, -0.05) is 12.1 Å². The van der Waals surface area contributed by atoms with E-state index in [0.29, 0.717) is 5.56 Å². The van der Waals surface area contributed by atoms with Crippen LogP contribution in [0.15, 0.2) is 18.2 Å². The molecule has 0 radical (unpaired) electrons. The second-order valence-electron chi connectivity index (χ2n) is 4.72. The number of methoxy groups -OCH3 is 1. The molecular weight excluding hydrogens is 257 g/mol. The third kappa shape index (κ3) is 3.21. The summed E-state index contributed by atoms with van der Waals surface area (Å²) in [5, 5.41) is 0. The van der Waals surface area contributed by atoms with Gasteiger partial charge in [0, 0.05) is 11.6 Å². The lowest BCUT2D eigenvalue weighted by Gasteiger charge is -2.29. The molecule has 0 heterocycles. The van der Waals surface area contributed by atoms with Gasteiger partial charge in [0.15, 0.2) is 0 Å². The number of aryl methyl sites for hydroxylation is 1. The van der Waals surface area contributed by atoms with E-state index in [9.17, 15) is 9.18 Å². The van der Waals surface area contributed by atoms with E-state index >= 15 is 0 Å². The smallest absolute Gasteiger partial charge is 0.313 e. The average molecular weight is 276 g/mol.